The molecule has 8 heteroatoms. The zero-order valence-corrected chi connectivity index (χ0v) is 10.8. The molecule has 0 aliphatic rings. The van der Waals surface area contributed by atoms with E-state index in [0.29, 0.717) is 16.9 Å². The molecule has 1 N–H and O–H groups in total. The van der Waals surface area contributed by atoms with Crippen LogP contribution in [-0.2, 0) is 11.3 Å². The Kier molecular flexibility index (Phi) is 3.98. The molecule has 0 radical (unpaired) electrons. The molecule has 2 aromatic heterocycles. The van der Waals surface area contributed by atoms with Gasteiger partial charge in [-0.2, -0.15) is 0 Å². The minimum atomic E-state index is -2.55. The van der Waals surface area contributed by atoms with E-state index in [1.807, 2.05) is 0 Å². The molecule has 0 spiro atoms. The van der Waals surface area contributed by atoms with Crippen molar-refractivity contribution in [2.75, 3.05) is 5.75 Å². The number of aromatic nitrogens is 3. The van der Waals surface area contributed by atoms with Gasteiger partial charge in [-0.25, -0.2) is 18.7 Å². The lowest BCUT2D eigenvalue weighted by atomic mass is 10.3. The average Bonchev–Trinajstić information content (AvgIpc) is 2.64. The fourth-order valence-corrected chi connectivity index (χ4v) is 2.35. The Labute approximate surface area is 111 Å². The molecule has 102 valence electrons. The summed E-state index contributed by atoms with van der Waals surface area (Å²) in [6, 6.07) is 3.41. The van der Waals surface area contributed by atoms with Gasteiger partial charge in [0.15, 0.2) is 10.8 Å². The van der Waals surface area contributed by atoms with Gasteiger partial charge in [0.25, 0.3) is 6.43 Å². The Bertz CT molecular complexity index is 615. The fourth-order valence-electron chi connectivity index (χ4n) is 1.61. The summed E-state index contributed by atoms with van der Waals surface area (Å²) in [4.78, 5) is 18.9. The molecule has 2 aromatic rings. The van der Waals surface area contributed by atoms with Crippen molar-refractivity contribution in [3.05, 3.63) is 17.8 Å². The van der Waals surface area contributed by atoms with E-state index in [1.54, 1.807) is 19.1 Å². The van der Waals surface area contributed by atoms with Crippen molar-refractivity contribution in [1.82, 2.24) is 14.5 Å². The van der Waals surface area contributed by atoms with E-state index < -0.39 is 18.9 Å². The van der Waals surface area contributed by atoms with Crippen LogP contribution in [0.1, 0.15) is 5.69 Å². The molecule has 0 saturated heterocycles. The molecule has 0 aliphatic heterocycles. The maximum Gasteiger partial charge on any atom is 0.313 e. The normalized spacial score (nSPS) is 11.4. The molecular weight excluding hydrogens is 276 g/mol. The number of nitrogens with zero attached hydrogens (tertiary/aromatic N) is 3. The molecule has 0 fully saturated rings. The van der Waals surface area contributed by atoms with E-state index in [0.717, 1.165) is 11.8 Å². The van der Waals surface area contributed by atoms with E-state index in [1.165, 1.54) is 4.57 Å². The number of rotatable bonds is 5. The van der Waals surface area contributed by atoms with E-state index in [9.17, 15) is 13.6 Å². The van der Waals surface area contributed by atoms with Gasteiger partial charge < -0.3 is 5.11 Å². The topological polar surface area (TPSA) is 68.0 Å². The average molecular weight is 287 g/mol. The number of pyridine rings is 1. The first-order chi connectivity index (χ1) is 8.97. The number of alkyl halides is 2. The lowest BCUT2D eigenvalue weighted by molar-refractivity contribution is -0.133. The number of carboxylic acid groups (broad SMARTS) is 1. The highest BCUT2D eigenvalue weighted by Gasteiger charge is 2.17. The van der Waals surface area contributed by atoms with Crippen LogP contribution in [0.4, 0.5) is 8.78 Å². The number of carbonyl (C=O) groups is 1. The molecule has 0 saturated carbocycles. The minimum absolute atomic E-state index is 0.231. The van der Waals surface area contributed by atoms with Crippen LogP contribution >= 0.6 is 11.8 Å². The van der Waals surface area contributed by atoms with Crippen molar-refractivity contribution < 1.29 is 18.7 Å². The van der Waals surface area contributed by atoms with Crippen LogP contribution in [0.3, 0.4) is 0 Å². The zero-order chi connectivity index (χ0) is 14.0. The molecule has 0 aliphatic carbocycles. The Balaban J connectivity index is 2.45. The maximum absolute atomic E-state index is 12.6. The van der Waals surface area contributed by atoms with Gasteiger partial charge in [0.05, 0.1) is 12.3 Å². The smallest absolute Gasteiger partial charge is 0.313 e. The van der Waals surface area contributed by atoms with Crippen molar-refractivity contribution in [1.29, 1.82) is 0 Å². The number of carboxylic acids is 1. The quantitative estimate of drug-likeness (QED) is 0.854. The third-order valence-corrected chi connectivity index (χ3v) is 3.30. The Morgan fingerprint density at radius 1 is 1.47 bits per heavy atom. The molecular formula is C11H11F2N3O2S. The number of aliphatic carboxylic acids is 1. The second-order valence-electron chi connectivity index (χ2n) is 3.87. The van der Waals surface area contributed by atoms with Gasteiger partial charge >= 0.3 is 5.97 Å². The monoisotopic (exact) mass is 287 g/mol. The summed E-state index contributed by atoms with van der Waals surface area (Å²) in [7, 11) is 0. The zero-order valence-electron chi connectivity index (χ0n) is 10.0. The predicted octanol–water partition coefficient (Wildman–Crippen LogP) is 2.18. The summed E-state index contributed by atoms with van der Waals surface area (Å²) in [6.45, 7) is 1.21. The highest BCUT2D eigenvalue weighted by atomic mass is 32.2. The number of fused-ring (bicyclic) bond motifs is 1. The summed E-state index contributed by atoms with van der Waals surface area (Å²) in [6.07, 6.45) is -2.55. The second kappa shape index (κ2) is 5.52. The highest BCUT2D eigenvalue weighted by molar-refractivity contribution is 7.99. The van der Waals surface area contributed by atoms with Gasteiger partial charge in [-0.1, -0.05) is 11.8 Å². The summed E-state index contributed by atoms with van der Waals surface area (Å²) < 4.78 is 26.5. The summed E-state index contributed by atoms with van der Waals surface area (Å²) >= 11 is 0.908. The Morgan fingerprint density at radius 2 is 2.21 bits per heavy atom. The van der Waals surface area contributed by atoms with Crippen LogP contribution in [0.5, 0.6) is 0 Å². The first kappa shape index (κ1) is 13.7. The first-order valence-electron chi connectivity index (χ1n) is 5.44. The molecule has 0 amide bonds. The van der Waals surface area contributed by atoms with E-state index in [2.05, 4.69) is 9.97 Å². The molecule has 0 bridgehead atoms. The maximum atomic E-state index is 12.6. The second-order valence-corrected chi connectivity index (χ2v) is 4.82. The van der Waals surface area contributed by atoms with Gasteiger partial charge in [-0.05, 0) is 19.1 Å². The third kappa shape index (κ3) is 3.19. The third-order valence-electron chi connectivity index (χ3n) is 2.34. The van der Waals surface area contributed by atoms with E-state index in [-0.39, 0.29) is 10.9 Å². The van der Waals surface area contributed by atoms with Gasteiger partial charge in [0.1, 0.15) is 5.52 Å². The molecule has 0 unspecified atom stereocenters. The van der Waals surface area contributed by atoms with Gasteiger partial charge in [-0.3, -0.25) is 9.36 Å². The molecule has 0 atom stereocenters. The molecule has 2 rings (SSSR count). The van der Waals surface area contributed by atoms with Crippen LogP contribution in [0.15, 0.2) is 17.3 Å². The minimum Gasteiger partial charge on any atom is -0.481 e. The first-order valence-corrected chi connectivity index (χ1v) is 6.42. The van der Waals surface area contributed by atoms with E-state index >= 15 is 0 Å². The number of hydrogen-bond donors (Lipinski definition) is 1. The number of thioether (sulfide) groups is 1. The largest absolute Gasteiger partial charge is 0.481 e. The molecule has 0 aromatic carbocycles. The number of halogens is 2. The van der Waals surface area contributed by atoms with Gasteiger partial charge in [-0.15, -0.1) is 0 Å². The molecule has 2 heterocycles. The standard InChI is InChI=1S/C11H11F2N3O2S/c1-6-2-3-7-10(14-6)16(4-8(12)13)11(15-7)19-5-9(17)18/h2-3,8H,4-5H2,1H3,(H,17,18). The van der Waals surface area contributed by atoms with Crippen molar-refractivity contribution in [2.45, 2.75) is 25.1 Å². The van der Waals surface area contributed by atoms with Crippen LogP contribution < -0.4 is 0 Å². The van der Waals surface area contributed by atoms with Crippen LogP contribution in [0.2, 0.25) is 0 Å². The van der Waals surface area contributed by atoms with Crippen LogP contribution in [0, 0.1) is 6.92 Å². The fraction of sp³-hybridized carbons (Fsp3) is 0.364. The summed E-state index contributed by atoms with van der Waals surface area (Å²) in [5.41, 5.74) is 1.53. The van der Waals surface area contributed by atoms with Crippen molar-refractivity contribution in [2.24, 2.45) is 0 Å². The van der Waals surface area contributed by atoms with Crippen LogP contribution in [-0.4, -0.2) is 37.8 Å². The number of imidazole rings is 1. The van der Waals surface area contributed by atoms with Crippen molar-refractivity contribution in [3.8, 4) is 0 Å². The Hall–Kier alpha value is -1.70. The number of hydrogen-bond acceptors (Lipinski definition) is 4. The highest BCUT2D eigenvalue weighted by Crippen LogP contribution is 2.24. The SMILES string of the molecule is Cc1ccc2nc(SCC(=O)O)n(CC(F)F)c2n1. The molecule has 5 nitrogen and oxygen atoms in total. The molecule has 19 heavy (non-hydrogen) atoms. The van der Waals surface area contributed by atoms with E-state index in [4.69, 9.17) is 5.11 Å². The number of aryl methyl sites for hydroxylation is 1. The van der Waals surface area contributed by atoms with Crippen LogP contribution in [0.25, 0.3) is 11.2 Å². The summed E-state index contributed by atoms with van der Waals surface area (Å²) in [5.74, 6) is -1.25. The van der Waals surface area contributed by atoms with Gasteiger partial charge in [0.2, 0.25) is 0 Å². The predicted molar refractivity (Wildman–Crippen MR) is 66.6 cm³/mol. The lowest BCUT2D eigenvalue weighted by Crippen LogP contribution is -2.09. The van der Waals surface area contributed by atoms with Crippen molar-refractivity contribution in [3.63, 3.8) is 0 Å². The summed E-state index contributed by atoms with van der Waals surface area (Å²) in [5, 5.41) is 8.89. The van der Waals surface area contributed by atoms with Crippen molar-refractivity contribution >= 4 is 28.9 Å². The lowest BCUT2D eigenvalue weighted by Gasteiger charge is -2.06. The Morgan fingerprint density at radius 3 is 2.84 bits per heavy atom. The van der Waals surface area contributed by atoms with Gasteiger partial charge in [0, 0.05) is 5.69 Å².